The van der Waals surface area contributed by atoms with Crippen molar-refractivity contribution < 1.29 is 9.53 Å². The average Bonchev–Trinajstić information content (AvgIpc) is 2.55. The van der Waals surface area contributed by atoms with E-state index in [1.807, 2.05) is 12.1 Å². The number of carbonyl (C=O) groups is 1. The number of rotatable bonds is 3. The number of carbonyl (C=O) groups excluding carboxylic acids is 1. The Kier molecular flexibility index (Phi) is 4.00. The van der Waals surface area contributed by atoms with Gasteiger partial charge in [0.05, 0.1) is 24.4 Å². The number of hydrogen-bond acceptors (Lipinski definition) is 3. The quantitative estimate of drug-likeness (QED) is 0.855. The van der Waals surface area contributed by atoms with Gasteiger partial charge in [-0.3, -0.25) is 4.79 Å². The molecule has 0 aromatic heterocycles. The molecule has 4 nitrogen and oxygen atoms in total. The van der Waals surface area contributed by atoms with Crippen LogP contribution >= 0.6 is 0 Å². The Bertz CT molecular complexity index is 697. The van der Waals surface area contributed by atoms with Crippen LogP contribution in [-0.4, -0.2) is 13.0 Å². The maximum Gasteiger partial charge on any atom is 0.253 e. The number of fused-ring (bicyclic) bond motifs is 1. The van der Waals surface area contributed by atoms with Gasteiger partial charge < -0.3 is 15.8 Å². The van der Waals surface area contributed by atoms with Crippen LogP contribution in [0.25, 0.3) is 0 Å². The van der Waals surface area contributed by atoms with E-state index in [2.05, 4.69) is 17.4 Å². The van der Waals surface area contributed by atoms with Crippen LogP contribution < -0.4 is 15.8 Å². The van der Waals surface area contributed by atoms with Crippen molar-refractivity contribution in [3.05, 3.63) is 59.2 Å². The Labute approximate surface area is 130 Å². The van der Waals surface area contributed by atoms with E-state index in [0.717, 1.165) is 19.3 Å². The highest BCUT2D eigenvalue weighted by atomic mass is 16.5. The standard InChI is InChI=1S/C18H20N2O2/c1-22-16-11-5-9-14(17(16)19)18(21)20-15-10-4-7-12-6-2-3-8-13(12)15/h2-3,5-6,8-9,11,15H,4,7,10,19H2,1H3,(H,20,21)/t15-/m0/s1. The van der Waals surface area contributed by atoms with E-state index in [4.69, 9.17) is 10.5 Å². The van der Waals surface area contributed by atoms with Gasteiger partial charge in [0.15, 0.2) is 0 Å². The van der Waals surface area contributed by atoms with Crippen LogP contribution in [-0.2, 0) is 6.42 Å². The third kappa shape index (κ3) is 2.64. The third-order valence-corrected chi connectivity index (χ3v) is 4.21. The molecule has 1 aliphatic rings. The summed E-state index contributed by atoms with van der Waals surface area (Å²) in [6, 6.07) is 13.6. The molecule has 0 aliphatic heterocycles. The van der Waals surface area contributed by atoms with Gasteiger partial charge in [0.25, 0.3) is 5.91 Å². The number of nitrogens with one attached hydrogen (secondary N) is 1. The lowest BCUT2D eigenvalue weighted by Crippen LogP contribution is -2.31. The molecule has 0 saturated carbocycles. The molecular formula is C18H20N2O2. The lowest BCUT2D eigenvalue weighted by Gasteiger charge is -2.26. The van der Waals surface area contributed by atoms with Gasteiger partial charge in [0.1, 0.15) is 5.75 Å². The Morgan fingerprint density at radius 3 is 2.86 bits per heavy atom. The molecule has 114 valence electrons. The molecule has 22 heavy (non-hydrogen) atoms. The van der Waals surface area contributed by atoms with Crippen LogP contribution in [0.3, 0.4) is 0 Å². The SMILES string of the molecule is COc1cccc(C(=O)N[C@H]2CCCc3ccccc32)c1N. The van der Waals surface area contributed by atoms with Crippen LogP contribution in [0.4, 0.5) is 5.69 Å². The van der Waals surface area contributed by atoms with Gasteiger partial charge in [0, 0.05) is 0 Å². The van der Waals surface area contributed by atoms with E-state index in [9.17, 15) is 4.79 Å². The second kappa shape index (κ2) is 6.10. The lowest BCUT2D eigenvalue weighted by atomic mass is 9.87. The van der Waals surface area contributed by atoms with E-state index < -0.39 is 0 Å². The molecular weight excluding hydrogens is 276 g/mol. The number of para-hydroxylation sites is 1. The van der Waals surface area contributed by atoms with Crippen molar-refractivity contribution in [1.29, 1.82) is 0 Å². The Morgan fingerprint density at radius 1 is 1.23 bits per heavy atom. The number of amides is 1. The predicted molar refractivity (Wildman–Crippen MR) is 87.0 cm³/mol. The predicted octanol–water partition coefficient (Wildman–Crippen LogP) is 3.08. The molecule has 3 rings (SSSR count). The van der Waals surface area contributed by atoms with E-state index in [-0.39, 0.29) is 11.9 Å². The topological polar surface area (TPSA) is 64.3 Å². The van der Waals surface area contributed by atoms with Gasteiger partial charge >= 0.3 is 0 Å². The zero-order chi connectivity index (χ0) is 15.5. The first kappa shape index (κ1) is 14.4. The van der Waals surface area contributed by atoms with E-state index in [0.29, 0.717) is 17.0 Å². The minimum atomic E-state index is -0.155. The Hall–Kier alpha value is -2.49. The molecule has 4 heteroatoms. The fourth-order valence-electron chi connectivity index (χ4n) is 3.06. The first-order valence-electron chi connectivity index (χ1n) is 7.52. The van der Waals surface area contributed by atoms with Gasteiger partial charge in [-0.1, -0.05) is 30.3 Å². The molecule has 0 spiro atoms. The summed E-state index contributed by atoms with van der Waals surface area (Å²) in [6.45, 7) is 0. The summed E-state index contributed by atoms with van der Waals surface area (Å²) >= 11 is 0. The van der Waals surface area contributed by atoms with Crippen molar-refractivity contribution in [1.82, 2.24) is 5.32 Å². The van der Waals surface area contributed by atoms with Gasteiger partial charge in [0.2, 0.25) is 0 Å². The highest BCUT2D eigenvalue weighted by molar-refractivity contribution is 6.00. The number of ether oxygens (including phenoxy) is 1. The number of benzene rings is 2. The smallest absolute Gasteiger partial charge is 0.253 e. The van der Waals surface area contributed by atoms with Gasteiger partial charge in [-0.15, -0.1) is 0 Å². The molecule has 2 aromatic carbocycles. The van der Waals surface area contributed by atoms with Crippen LogP contribution in [0.5, 0.6) is 5.75 Å². The van der Waals surface area contributed by atoms with E-state index in [1.54, 1.807) is 25.3 Å². The molecule has 0 heterocycles. The summed E-state index contributed by atoms with van der Waals surface area (Å²) in [4.78, 5) is 12.6. The van der Waals surface area contributed by atoms with Gasteiger partial charge in [-0.05, 0) is 42.5 Å². The molecule has 2 aromatic rings. The highest BCUT2D eigenvalue weighted by Crippen LogP contribution is 2.31. The molecule has 0 unspecified atom stereocenters. The maximum absolute atomic E-state index is 12.6. The molecule has 0 saturated heterocycles. The third-order valence-electron chi connectivity index (χ3n) is 4.21. The summed E-state index contributed by atoms with van der Waals surface area (Å²) in [5.41, 5.74) is 9.38. The normalized spacial score (nSPS) is 16.7. The summed E-state index contributed by atoms with van der Waals surface area (Å²) in [6.07, 6.45) is 3.10. The van der Waals surface area contributed by atoms with E-state index >= 15 is 0 Å². The van der Waals surface area contributed by atoms with Crippen molar-refractivity contribution in [2.24, 2.45) is 0 Å². The fraction of sp³-hybridized carbons (Fsp3) is 0.278. The average molecular weight is 296 g/mol. The van der Waals surface area contributed by atoms with Gasteiger partial charge in [-0.2, -0.15) is 0 Å². The zero-order valence-corrected chi connectivity index (χ0v) is 12.6. The van der Waals surface area contributed by atoms with Crippen LogP contribution in [0.2, 0.25) is 0 Å². The number of methoxy groups -OCH3 is 1. The molecule has 0 radical (unpaired) electrons. The molecule has 1 atom stereocenters. The summed E-state index contributed by atoms with van der Waals surface area (Å²) in [5, 5.41) is 3.11. The monoisotopic (exact) mass is 296 g/mol. The molecule has 1 aliphatic carbocycles. The second-order valence-corrected chi connectivity index (χ2v) is 5.54. The van der Waals surface area contributed by atoms with Gasteiger partial charge in [-0.25, -0.2) is 0 Å². The van der Waals surface area contributed by atoms with Crippen molar-refractivity contribution in [2.75, 3.05) is 12.8 Å². The summed E-state index contributed by atoms with van der Waals surface area (Å²) < 4.78 is 5.18. The maximum atomic E-state index is 12.6. The highest BCUT2D eigenvalue weighted by Gasteiger charge is 2.23. The van der Waals surface area contributed by atoms with Crippen molar-refractivity contribution in [3.63, 3.8) is 0 Å². The second-order valence-electron chi connectivity index (χ2n) is 5.54. The molecule has 1 amide bonds. The molecule has 0 fully saturated rings. The number of nitrogen functional groups attached to an aromatic ring is 1. The minimum absolute atomic E-state index is 0.0445. The first-order valence-corrected chi connectivity index (χ1v) is 7.52. The fourth-order valence-corrected chi connectivity index (χ4v) is 3.06. The minimum Gasteiger partial charge on any atom is -0.495 e. The Morgan fingerprint density at radius 2 is 2.05 bits per heavy atom. The summed E-state index contributed by atoms with van der Waals surface area (Å²) in [7, 11) is 1.55. The summed E-state index contributed by atoms with van der Waals surface area (Å²) in [5.74, 6) is 0.370. The van der Waals surface area contributed by atoms with Crippen molar-refractivity contribution in [2.45, 2.75) is 25.3 Å². The van der Waals surface area contributed by atoms with Crippen LogP contribution in [0.1, 0.15) is 40.4 Å². The number of nitrogens with two attached hydrogens (primary N) is 1. The number of aryl methyl sites for hydroxylation is 1. The number of hydrogen-bond donors (Lipinski definition) is 2. The zero-order valence-electron chi connectivity index (χ0n) is 12.6. The largest absolute Gasteiger partial charge is 0.495 e. The Balaban J connectivity index is 1.84. The van der Waals surface area contributed by atoms with Crippen LogP contribution in [0.15, 0.2) is 42.5 Å². The molecule has 0 bridgehead atoms. The van der Waals surface area contributed by atoms with Crippen LogP contribution in [0, 0.1) is 0 Å². The number of anilines is 1. The first-order chi connectivity index (χ1) is 10.7. The van der Waals surface area contributed by atoms with Crippen molar-refractivity contribution in [3.8, 4) is 5.75 Å². The van der Waals surface area contributed by atoms with Crippen molar-refractivity contribution >= 4 is 11.6 Å². The molecule has 3 N–H and O–H groups in total. The van der Waals surface area contributed by atoms with E-state index in [1.165, 1.54) is 11.1 Å². The lowest BCUT2D eigenvalue weighted by molar-refractivity contribution is 0.0933.